The maximum Gasteiger partial charge on any atom is 0.238 e. The summed E-state index contributed by atoms with van der Waals surface area (Å²) in [7, 11) is 0. The van der Waals surface area contributed by atoms with E-state index in [1.54, 1.807) is 24.3 Å². The van der Waals surface area contributed by atoms with Gasteiger partial charge in [-0.05, 0) is 53.1 Å². The first-order valence-corrected chi connectivity index (χ1v) is 12.9. The van der Waals surface area contributed by atoms with Crippen LogP contribution >= 0.6 is 0 Å². The SMILES string of the molecule is O=C(c1ccccc1)[C@@H]1[C@@H](C(=O)c2ccc(F)cc2)[C@]2(C(=O)Nc3ccccc32)[C@H]2c3ccccc3C=CN12. The third-order valence-electron chi connectivity index (χ3n) is 8.31. The first-order chi connectivity index (χ1) is 19.0. The molecule has 190 valence electrons. The fourth-order valence-electron chi connectivity index (χ4n) is 6.73. The van der Waals surface area contributed by atoms with Gasteiger partial charge < -0.3 is 10.2 Å². The number of hydrogen-bond donors (Lipinski definition) is 1. The molecule has 0 aliphatic carbocycles. The van der Waals surface area contributed by atoms with Crippen molar-refractivity contribution in [1.82, 2.24) is 4.90 Å². The number of amides is 1. The smallest absolute Gasteiger partial charge is 0.238 e. The standard InChI is InChI=1S/C33H23FN2O3/c34-23-16-14-22(15-17-23)29(37)27-28(30(38)21-9-2-1-3-10-21)36-19-18-20-8-4-5-11-24(20)31(36)33(27)25-12-6-7-13-26(25)35-32(33)39/h1-19,27-28,31H,(H,35,39)/t27-,28-,31+,33-/m0/s1. The van der Waals surface area contributed by atoms with Crippen LogP contribution in [0.1, 0.15) is 43.4 Å². The predicted octanol–water partition coefficient (Wildman–Crippen LogP) is 5.81. The largest absolute Gasteiger partial charge is 0.358 e. The normalized spacial score (nSPS) is 24.2. The van der Waals surface area contributed by atoms with E-state index in [-0.39, 0.29) is 23.0 Å². The highest BCUT2D eigenvalue weighted by Gasteiger charge is 2.70. The number of rotatable bonds is 4. The summed E-state index contributed by atoms with van der Waals surface area (Å²) in [4.78, 5) is 45.2. The summed E-state index contributed by atoms with van der Waals surface area (Å²) in [5.41, 5.74) is 2.40. The van der Waals surface area contributed by atoms with Crippen molar-refractivity contribution in [1.29, 1.82) is 0 Å². The van der Waals surface area contributed by atoms with Gasteiger partial charge in [0.15, 0.2) is 11.6 Å². The lowest BCUT2D eigenvalue weighted by Crippen LogP contribution is -2.49. The molecule has 0 saturated carbocycles. The molecule has 1 spiro atoms. The molecule has 4 aromatic carbocycles. The maximum atomic E-state index is 14.6. The van der Waals surface area contributed by atoms with Gasteiger partial charge in [-0.25, -0.2) is 4.39 Å². The molecule has 0 radical (unpaired) electrons. The summed E-state index contributed by atoms with van der Waals surface area (Å²) < 4.78 is 13.9. The number of ketones is 2. The minimum atomic E-state index is -1.40. The molecule has 6 heteroatoms. The fraction of sp³-hybridized carbons (Fsp3) is 0.121. The van der Waals surface area contributed by atoms with Gasteiger partial charge in [-0.1, -0.05) is 72.8 Å². The predicted molar refractivity (Wildman–Crippen MR) is 146 cm³/mol. The van der Waals surface area contributed by atoms with Crippen LogP contribution in [0, 0.1) is 11.7 Å². The Morgan fingerprint density at radius 3 is 2.23 bits per heavy atom. The number of Topliss-reactive ketones (excluding diaryl/α,β-unsaturated/α-hetero) is 2. The summed E-state index contributed by atoms with van der Waals surface area (Å²) in [6.07, 6.45) is 3.76. The molecule has 1 amide bonds. The highest BCUT2D eigenvalue weighted by Crippen LogP contribution is 2.62. The highest BCUT2D eigenvalue weighted by atomic mass is 19.1. The van der Waals surface area contributed by atoms with Gasteiger partial charge in [-0.2, -0.15) is 0 Å². The molecule has 39 heavy (non-hydrogen) atoms. The Kier molecular flexibility index (Phi) is 5.13. The molecule has 1 fully saturated rings. The third-order valence-corrected chi connectivity index (χ3v) is 8.31. The van der Waals surface area contributed by atoms with E-state index in [1.165, 1.54) is 24.3 Å². The number of carbonyl (C=O) groups excluding carboxylic acids is 3. The first-order valence-electron chi connectivity index (χ1n) is 12.9. The van der Waals surface area contributed by atoms with Crippen LogP contribution in [0.2, 0.25) is 0 Å². The van der Waals surface area contributed by atoms with Crippen molar-refractivity contribution >= 4 is 29.2 Å². The first kappa shape index (κ1) is 23.3. The van der Waals surface area contributed by atoms with Crippen LogP contribution in [-0.2, 0) is 10.2 Å². The molecule has 5 nitrogen and oxygen atoms in total. The van der Waals surface area contributed by atoms with Gasteiger partial charge in [-0.15, -0.1) is 0 Å². The van der Waals surface area contributed by atoms with Crippen LogP contribution in [0.3, 0.4) is 0 Å². The van der Waals surface area contributed by atoms with Crippen LogP contribution < -0.4 is 5.32 Å². The quantitative estimate of drug-likeness (QED) is 0.349. The van der Waals surface area contributed by atoms with Gasteiger partial charge >= 0.3 is 0 Å². The summed E-state index contributed by atoms with van der Waals surface area (Å²) in [6, 6.07) is 27.7. The number of halogens is 1. The fourth-order valence-corrected chi connectivity index (χ4v) is 6.73. The summed E-state index contributed by atoms with van der Waals surface area (Å²) >= 11 is 0. The Morgan fingerprint density at radius 1 is 0.769 bits per heavy atom. The second-order valence-corrected chi connectivity index (χ2v) is 10.2. The zero-order valence-corrected chi connectivity index (χ0v) is 20.8. The number of hydrogen-bond acceptors (Lipinski definition) is 4. The van der Waals surface area contributed by atoms with Gasteiger partial charge in [0.05, 0.1) is 12.0 Å². The molecule has 3 aliphatic rings. The van der Waals surface area contributed by atoms with Crippen LogP contribution in [0.15, 0.2) is 109 Å². The Morgan fingerprint density at radius 2 is 1.44 bits per heavy atom. The van der Waals surface area contributed by atoms with Gasteiger partial charge in [0.2, 0.25) is 5.91 Å². The van der Waals surface area contributed by atoms with Crippen molar-refractivity contribution in [2.45, 2.75) is 17.5 Å². The monoisotopic (exact) mass is 514 g/mol. The van der Waals surface area contributed by atoms with E-state index in [1.807, 2.05) is 71.8 Å². The second kappa shape index (κ2) is 8.60. The zero-order chi connectivity index (χ0) is 26.7. The molecule has 4 aromatic rings. The van der Waals surface area contributed by atoms with Crippen molar-refractivity contribution in [2.24, 2.45) is 5.92 Å². The average Bonchev–Trinajstić information content (AvgIpc) is 3.45. The number of nitrogens with one attached hydrogen (secondary N) is 1. The lowest BCUT2D eigenvalue weighted by molar-refractivity contribution is -0.122. The van der Waals surface area contributed by atoms with Crippen molar-refractivity contribution in [2.75, 3.05) is 5.32 Å². The van der Waals surface area contributed by atoms with E-state index >= 15 is 0 Å². The molecule has 1 N–H and O–H groups in total. The summed E-state index contributed by atoms with van der Waals surface area (Å²) in [6.45, 7) is 0. The minimum Gasteiger partial charge on any atom is -0.358 e. The maximum absolute atomic E-state index is 14.6. The second-order valence-electron chi connectivity index (χ2n) is 10.2. The Hall–Kier alpha value is -4.84. The van der Waals surface area contributed by atoms with Gasteiger partial charge in [0.1, 0.15) is 17.3 Å². The Bertz CT molecular complexity index is 1680. The average molecular weight is 515 g/mol. The highest BCUT2D eigenvalue weighted by molar-refractivity contribution is 6.16. The van der Waals surface area contributed by atoms with E-state index < -0.39 is 29.2 Å². The lowest BCUT2D eigenvalue weighted by atomic mass is 9.62. The lowest BCUT2D eigenvalue weighted by Gasteiger charge is -2.38. The molecule has 0 bridgehead atoms. The van der Waals surface area contributed by atoms with E-state index in [0.29, 0.717) is 16.8 Å². The minimum absolute atomic E-state index is 0.251. The van der Waals surface area contributed by atoms with Crippen molar-refractivity contribution in [3.63, 3.8) is 0 Å². The van der Waals surface area contributed by atoms with Gasteiger partial charge in [0, 0.05) is 23.0 Å². The van der Waals surface area contributed by atoms with Crippen LogP contribution in [-0.4, -0.2) is 28.4 Å². The Balaban J connectivity index is 1.54. The molecular formula is C33H23FN2O3. The molecule has 4 atom stereocenters. The van der Waals surface area contributed by atoms with Crippen molar-refractivity contribution in [3.8, 4) is 0 Å². The molecule has 0 aromatic heterocycles. The number of benzene rings is 4. The topological polar surface area (TPSA) is 66.5 Å². The van der Waals surface area contributed by atoms with E-state index in [9.17, 15) is 18.8 Å². The summed E-state index contributed by atoms with van der Waals surface area (Å²) in [5, 5.41) is 3.03. The molecule has 3 heterocycles. The number of fused-ring (bicyclic) bond motifs is 6. The van der Waals surface area contributed by atoms with Crippen LogP contribution in [0.25, 0.3) is 6.08 Å². The van der Waals surface area contributed by atoms with Gasteiger partial charge in [0.25, 0.3) is 0 Å². The van der Waals surface area contributed by atoms with Gasteiger partial charge in [-0.3, -0.25) is 14.4 Å². The van der Waals surface area contributed by atoms with Crippen LogP contribution in [0.4, 0.5) is 10.1 Å². The van der Waals surface area contributed by atoms with Crippen molar-refractivity contribution < 1.29 is 18.8 Å². The summed E-state index contributed by atoms with van der Waals surface area (Å²) in [5.74, 6) is -2.51. The molecule has 7 rings (SSSR count). The third kappa shape index (κ3) is 3.21. The molecular weight excluding hydrogens is 491 g/mol. The Labute approximate surface area is 224 Å². The number of nitrogens with zero attached hydrogens (tertiary/aromatic N) is 1. The molecule has 3 aliphatic heterocycles. The number of anilines is 1. The van der Waals surface area contributed by atoms with Crippen LogP contribution in [0.5, 0.6) is 0 Å². The van der Waals surface area contributed by atoms with E-state index in [0.717, 1.165) is 11.1 Å². The van der Waals surface area contributed by atoms with E-state index in [2.05, 4.69) is 5.32 Å². The number of para-hydroxylation sites is 1. The molecule has 1 saturated heterocycles. The zero-order valence-electron chi connectivity index (χ0n) is 20.8. The number of carbonyl (C=O) groups is 3. The van der Waals surface area contributed by atoms with E-state index in [4.69, 9.17) is 0 Å². The van der Waals surface area contributed by atoms with Crippen molar-refractivity contribution in [3.05, 3.63) is 143 Å². The molecule has 0 unspecified atom stereocenters.